The average molecular weight is 192 g/mol. The van der Waals surface area contributed by atoms with Crippen LogP contribution in [-0.2, 0) is 5.75 Å². The summed E-state index contributed by atoms with van der Waals surface area (Å²) in [4.78, 5) is 0. The smallest absolute Gasteiger partial charge is 0.114 e. The van der Waals surface area contributed by atoms with Crippen molar-refractivity contribution in [3.8, 4) is 0 Å². The molecule has 0 unspecified atom stereocenters. The lowest BCUT2D eigenvalue weighted by molar-refractivity contribution is 0.530. The van der Waals surface area contributed by atoms with Crippen LogP contribution in [0.5, 0.6) is 0 Å². The summed E-state index contributed by atoms with van der Waals surface area (Å²) in [6, 6.07) is 3.91. The number of hydrogen-bond acceptors (Lipinski definition) is 4. The monoisotopic (exact) mass is 192 g/mol. The summed E-state index contributed by atoms with van der Waals surface area (Å²) in [5, 5.41) is 0. The van der Waals surface area contributed by atoms with Gasteiger partial charge in [0.05, 0.1) is 12.0 Å². The molecule has 4 heteroatoms. The van der Waals surface area contributed by atoms with E-state index in [1.807, 2.05) is 12.1 Å². The highest BCUT2D eigenvalue weighted by molar-refractivity contribution is 9.09. The minimum Gasteiger partial charge on any atom is -0.468 e. The van der Waals surface area contributed by atoms with Crippen molar-refractivity contribution >= 4 is 31.4 Å². The third-order valence-corrected chi connectivity index (χ3v) is 4.67. The molecule has 10 heavy (non-hydrogen) atoms. The molecule has 1 nitrogen and oxygen atoms in total. The number of hydrogen-bond donors (Lipinski definition) is 0. The van der Waals surface area contributed by atoms with E-state index < -0.39 is 0 Å². The Morgan fingerprint density at radius 3 is 3.10 bits per heavy atom. The molecule has 1 aromatic heterocycles. The van der Waals surface area contributed by atoms with Gasteiger partial charge in [0.1, 0.15) is 5.76 Å². The van der Waals surface area contributed by atoms with Crippen LogP contribution >= 0.6 is 31.4 Å². The van der Waals surface area contributed by atoms with Gasteiger partial charge < -0.3 is 4.42 Å². The molecule has 1 heterocycles. The molecule has 1 aromatic rings. The Kier molecular flexibility index (Phi) is 4.25. The predicted octanol–water partition coefficient (Wildman–Crippen LogP) is 3.44. The van der Waals surface area contributed by atoms with Crippen LogP contribution in [0.25, 0.3) is 0 Å². The lowest BCUT2D eigenvalue weighted by Gasteiger charge is -1.92. The first-order valence-corrected chi connectivity index (χ1v) is 6.84. The van der Waals surface area contributed by atoms with Crippen molar-refractivity contribution in [2.24, 2.45) is 0 Å². The van der Waals surface area contributed by atoms with Gasteiger partial charge in [-0.15, -0.1) is 0 Å². The molecule has 56 valence electrons. The molecule has 0 aromatic carbocycles. The van der Waals surface area contributed by atoms with Crippen molar-refractivity contribution in [1.29, 1.82) is 0 Å². The molecule has 0 aliphatic rings. The second kappa shape index (κ2) is 5.04. The minimum absolute atomic E-state index is 0.957. The molecule has 0 amide bonds. The molecule has 0 atom stereocenters. The Morgan fingerprint density at radius 2 is 2.50 bits per heavy atom. The molecular weight excluding hydrogens is 184 g/mol. The minimum atomic E-state index is 0.957. The van der Waals surface area contributed by atoms with Gasteiger partial charge in [0.2, 0.25) is 0 Å². The van der Waals surface area contributed by atoms with Gasteiger partial charge in [0.25, 0.3) is 0 Å². The first kappa shape index (κ1) is 8.43. The fourth-order valence-corrected chi connectivity index (χ4v) is 3.03. The van der Waals surface area contributed by atoms with E-state index in [1.165, 1.54) is 0 Å². The van der Waals surface area contributed by atoms with E-state index in [2.05, 4.69) is 6.26 Å². The summed E-state index contributed by atoms with van der Waals surface area (Å²) < 4.78 is 5.14. The summed E-state index contributed by atoms with van der Waals surface area (Å²) in [5.41, 5.74) is 0. The quantitative estimate of drug-likeness (QED) is 0.535. The fourth-order valence-electron chi connectivity index (χ4n) is 0.525. The van der Waals surface area contributed by atoms with Crippen molar-refractivity contribution in [1.82, 2.24) is 0 Å². The highest BCUT2D eigenvalue weighted by atomic mass is 33.5. The Balaban J connectivity index is 2.15. The van der Waals surface area contributed by atoms with Gasteiger partial charge in [0.15, 0.2) is 0 Å². The van der Waals surface area contributed by atoms with E-state index in [1.54, 1.807) is 37.7 Å². The van der Waals surface area contributed by atoms with Crippen molar-refractivity contribution in [3.05, 3.63) is 24.2 Å². The first-order valence-electron chi connectivity index (χ1n) is 2.78. The summed E-state index contributed by atoms with van der Waals surface area (Å²) in [7, 11) is 5.34. The molecule has 0 fully saturated rings. The third kappa shape index (κ3) is 2.94. The Labute approximate surface area is 72.1 Å². The maximum Gasteiger partial charge on any atom is 0.114 e. The van der Waals surface area contributed by atoms with Crippen LogP contribution in [0, 0.1) is 0 Å². The average Bonchev–Trinajstić information content (AvgIpc) is 2.41. The molecule has 0 N–H and O–H groups in total. The molecule has 1 rings (SSSR count). The summed E-state index contributed by atoms with van der Waals surface area (Å²) >= 11 is 0. The van der Waals surface area contributed by atoms with Crippen LogP contribution in [0.4, 0.5) is 0 Å². The molecule has 0 spiro atoms. The van der Waals surface area contributed by atoms with E-state index in [9.17, 15) is 0 Å². The van der Waals surface area contributed by atoms with Gasteiger partial charge >= 0.3 is 0 Å². The molecule has 0 aliphatic carbocycles. The predicted molar refractivity (Wildman–Crippen MR) is 51.1 cm³/mol. The van der Waals surface area contributed by atoms with Gasteiger partial charge in [-0.3, -0.25) is 0 Å². The summed E-state index contributed by atoms with van der Waals surface area (Å²) in [5.74, 6) is 2.00. The first-order chi connectivity index (χ1) is 4.93. The highest BCUT2D eigenvalue weighted by Gasteiger charge is 1.94. The Bertz CT molecular complexity index is 162. The van der Waals surface area contributed by atoms with Gasteiger partial charge in [-0.25, -0.2) is 0 Å². The Morgan fingerprint density at radius 1 is 1.60 bits per heavy atom. The zero-order chi connectivity index (χ0) is 7.23. The normalized spacial score (nSPS) is 10.1. The van der Waals surface area contributed by atoms with E-state index in [0.717, 1.165) is 11.5 Å². The summed E-state index contributed by atoms with van der Waals surface area (Å²) in [6.07, 6.45) is 3.78. The molecule has 0 aliphatic heterocycles. The van der Waals surface area contributed by atoms with Crippen LogP contribution in [0.15, 0.2) is 22.8 Å². The van der Waals surface area contributed by atoms with E-state index in [4.69, 9.17) is 4.42 Å². The SMILES string of the molecule is CSSSCc1ccco1. The molecule has 0 radical (unpaired) electrons. The lowest BCUT2D eigenvalue weighted by Crippen LogP contribution is -1.67. The van der Waals surface area contributed by atoms with Crippen molar-refractivity contribution in [2.45, 2.75) is 5.75 Å². The second-order valence-corrected chi connectivity index (χ2v) is 5.91. The lowest BCUT2D eigenvalue weighted by atomic mass is 10.5. The third-order valence-electron chi connectivity index (χ3n) is 0.897. The van der Waals surface area contributed by atoms with E-state index in [0.29, 0.717) is 0 Å². The summed E-state index contributed by atoms with van der Waals surface area (Å²) in [6.45, 7) is 0. The topological polar surface area (TPSA) is 13.1 Å². The maximum atomic E-state index is 5.14. The molecule has 0 saturated heterocycles. The van der Waals surface area contributed by atoms with Crippen LogP contribution in [0.2, 0.25) is 0 Å². The van der Waals surface area contributed by atoms with Crippen molar-refractivity contribution in [3.63, 3.8) is 0 Å². The van der Waals surface area contributed by atoms with Gasteiger partial charge in [-0.2, -0.15) is 0 Å². The van der Waals surface area contributed by atoms with Gasteiger partial charge in [-0.1, -0.05) is 21.6 Å². The van der Waals surface area contributed by atoms with Crippen LogP contribution in [0.3, 0.4) is 0 Å². The standard InChI is InChI=1S/C6H8OS3/c1-8-10-9-5-6-3-2-4-7-6/h2-4H,5H2,1H3. The van der Waals surface area contributed by atoms with Gasteiger partial charge in [0, 0.05) is 0 Å². The van der Waals surface area contributed by atoms with E-state index in [-0.39, 0.29) is 0 Å². The van der Waals surface area contributed by atoms with Crippen LogP contribution in [-0.4, -0.2) is 6.26 Å². The van der Waals surface area contributed by atoms with Crippen molar-refractivity contribution in [2.75, 3.05) is 6.26 Å². The fraction of sp³-hybridized carbons (Fsp3) is 0.333. The second-order valence-electron chi connectivity index (χ2n) is 1.58. The highest BCUT2D eigenvalue weighted by Crippen LogP contribution is 2.34. The number of rotatable bonds is 4. The van der Waals surface area contributed by atoms with Crippen LogP contribution < -0.4 is 0 Å². The zero-order valence-corrected chi connectivity index (χ0v) is 8.02. The Hall–Kier alpha value is 0.330. The molecule has 0 saturated carbocycles. The molecule has 0 bridgehead atoms. The largest absolute Gasteiger partial charge is 0.468 e. The van der Waals surface area contributed by atoms with Crippen molar-refractivity contribution < 1.29 is 4.42 Å². The van der Waals surface area contributed by atoms with Gasteiger partial charge in [-0.05, 0) is 28.2 Å². The zero-order valence-electron chi connectivity index (χ0n) is 5.57. The van der Waals surface area contributed by atoms with E-state index >= 15 is 0 Å². The molecular formula is C6H8OS3. The van der Waals surface area contributed by atoms with Crippen LogP contribution in [0.1, 0.15) is 5.76 Å². The maximum absolute atomic E-state index is 5.14. The number of furan rings is 1.